The maximum Gasteiger partial charge on any atom is 0.310 e. The summed E-state index contributed by atoms with van der Waals surface area (Å²) in [4.78, 5) is 11.9. The Balaban J connectivity index is 3.45. The molecule has 1 unspecified atom stereocenters. The van der Waals surface area contributed by atoms with E-state index in [9.17, 15) is 4.79 Å². The summed E-state index contributed by atoms with van der Waals surface area (Å²) in [5, 5.41) is 0. The monoisotopic (exact) mass is 328 g/mol. The number of carbonyl (C=O) groups excluding carboxylic acids is 1. The summed E-state index contributed by atoms with van der Waals surface area (Å²) in [6, 6.07) is 0. The average molecular weight is 329 g/mol. The third kappa shape index (κ3) is 13.6. The van der Waals surface area contributed by atoms with E-state index in [-0.39, 0.29) is 12.2 Å². The van der Waals surface area contributed by atoms with Gasteiger partial charge in [-0.3, -0.25) is 9.28 Å². The zero-order valence-corrected chi connectivity index (χ0v) is 16.5. The Kier molecular flexibility index (Phi) is 13.5. The number of nitrogens with zero attached hydrogens (tertiary/aromatic N) is 1. The van der Waals surface area contributed by atoms with Gasteiger partial charge in [-0.1, -0.05) is 78.1 Å². The van der Waals surface area contributed by atoms with E-state index in [2.05, 4.69) is 35.0 Å². The van der Waals surface area contributed by atoms with E-state index < -0.39 is 0 Å². The van der Waals surface area contributed by atoms with Gasteiger partial charge in [0.15, 0.2) is 0 Å². The minimum Gasteiger partial charge on any atom is -0.412 e. The van der Waals surface area contributed by atoms with Gasteiger partial charge in [0.25, 0.3) is 0 Å². The van der Waals surface area contributed by atoms with E-state index in [0.717, 1.165) is 19.3 Å². The maximum atomic E-state index is 11.9. The lowest BCUT2D eigenvalue weighted by atomic mass is 10.1. The molecular formula is C20H42NO2+. The summed E-state index contributed by atoms with van der Waals surface area (Å²) < 4.78 is 6.27. The molecule has 0 aliphatic heterocycles. The fraction of sp³-hybridized carbons (Fsp3) is 0.950. The lowest BCUT2D eigenvalue weighted by Crippen LogP contribution is -2.47. The number of hydrogen-bond donors (Lipinski definition) is 0. The van der Waals surface area contributed by atoms with Gasteiger partial charge < -0.3 is 4.74 Å². The highest BCUT2D eigenvalue weighted by atomic mass is 16.6. The molecule has 0 radical (unpaired) electrons. The molecule has 138 valence electrons. The van der Waals surface area contributed by atoms with Crippen molar-refractivity contribution >= 4 is 5.97 Å². The maximum absolute atomic E-state index is 11.9. The molecule has 0 heterocycles. The quantitative estimate of drug-likeness (QED) is 0.167. The van der Waals surface area contributed by atoms with Crippen LogP contribution in [0.5, 0.6) is 0 Å². The highest BCUT2D eigenvalue weighted by Crippen LogP contribution is 2.14. The SMILES string of the molecule is CCCCCCCCCCCCCC(=O)OC(CC)[N+](C)(C)C. The molecule has 0 aliphatic rings. The summed E-state index contributed by atoms with van der Waals surface area (Å²) in [6.07, 6.45) is 15.8. The fourth-order valence-corrected chi connectivity index (χ4v) is 2.93. The second-order valence-electron chi connectivity index (χ2n) is 7.75. The molecule has 0 aromatic carbocycles. The Labute approximate surface area is 145 Å². The molecule has 0 fully saturated rings. The van der Waals surface area contributed by atoms with Crippen molar-refractivity contribution in [2.75, 3.05) is 21.1 Å². The van der Waals surface area contributed by atoms with Crippen molar-refractivity contribution in [2.24, 2.45) is 0 Å². The van der Waals surface area contributed by atoms with Crippen molar-refractivity contribution in [3.05, 3.63) is 0 Å². The molecule has 0 aliphatic carbocycles. The van der Waals surface area contributed by atoms with Crippen LogP contribution < -0.4 is 0 Å². The molecule has 0 aromatic rings. The predicted molar refractivity (Wildman–Crippen MR) is 99.3 cm³/mol. The molecule has 0 aromatic heterocycles. The minimum atomic E-state index is -0.0270. The van der Waals surface area contributed by atoms with Crippen molar-refractivity contribution in [3.63, 3.8) is 0 Å². The van der Waals surface area contributed by atoms with Crippen LogP contribution in [-0.4, -0.2) is 37.8 Å². The lowest BCUT2D eigenvalue weighted by Gasteiger charge is -2.32. The van der Waals surface area contributed by atoms with Crippen molar-refractivity contribution in [2.45, 2.75) is 104 Å². The summed E-state index contributed by atoms with van der Waals surface area (Å²) in [5.74, 6) is -0.0270. The van der Waals surface area contributed by atoms with Crippen LogP contribution in [0, 0.1) is 0 Å². The van der Waals surface area contributed by atoms with Gasteiger partial charge in [-0.15, -0.1) is 0 Å². The van der Waals surface area contributed by atoms with Gasteiger partial charge in [0, 0.05) is 12.8 Å². The third-order valence-corrected chi connectivity index (χ3v) is 4.47. The number of quaternary nitrogens is 1. The van der Waals surface area contributed by atoms with Crippen LogP contribution in [0.15, 0.2) is 0 Å². The van der Waals surface area contributed by atoms with E-state index in [1.165, 1.54) is 57.8 Å². The Morgan fingerprint density at radius 1 is 0.783 bits per heavy atom. The molecule has 0 saturated carbocycles. The number of hydrogen-bond acceptors (Lipinski definition) is 2. The van der Waals surface area contributed by atoms with Crippen LogP contribution in [0.4, 0.5) is 0 Å². The van der Waals surface area contributed by atoms with Crippen molar-refractivity contribution in [1.82, 2.24) is 0 Å². The van der Waals surface area contributed by atoms with Gasteiger partial charge in [0.05, 0.1) is 21.1 Å². The van der Waals surface area contributed by atoms with E-state index in [0.29, 0.717) is 10.9 Å². The number of unbranched alkanes of at least 4 members (excludes halogenated alkanes) is 10. The summed E-state index contributed by atoms with van der Waals surface area (Å²) >= 11 is 0. The second kappa shape index (κ2) is 13.8. The van der Waals surface area contributed by atoms with Crippen molar-refractivity contribution in [1.29, 1.82) is 0 Å². The number of carbonyl (C=O) groups is 1. The Morgan fingerprint density at radius 2 is 1.22 bits per heavy atom. The molecule has 0 saturated heterocycles. The van der Waals surface area contributed by atoms with Gasteiger partial charge >= 0.3 is 5.97 Å². The van der Waals surface area contributed by atoms with E-state index in [1.54, 1.807) is 0 Å². The molecule has 0 amide bonds. The molecule has 23 heavy (non-hydrogen) atoms. The summed E-state index contributed by atoms with van der Waals surface area (Å²) in [7, 11) is 6.22. The van der Waals surface area contributed by atoms with E-state index >= 15 is 0 Å². The van der Waals surface area contributed by atoms with E-state index in [4.69, 9.17) is 4.74 Å². The van der Waals surface area contributed by atoms with Crippen molar-refractivity contribution in [3.8, 4) is 0 Å². The van der Waals surface area contributed by atoms with E-state index in [1.807, 2.05) is 0 Å². The Morgan fingerprint density at radius 3 is 1.61 bits per heavy atom. The average Bonchev–Trinajstić information content (AvgIpc) is 2.49. The number of ether oxygens (including phenoxy) is 1. The first kappa shape index (κ1) is 22.4. The predicted octanol–water partition coefficient (Wildman–Crippen LogP) is 5.67. The highest BCUT2D eigenvalue weighted by Gasteiger charge is 2.25. The van der Waals surface area contributed by atoms with Crippen molar-refractivity contribution < 1.29 is 14.0 Å². The first-order chi connectivity index (χ1) is 10.9. The largest absolute Gasteiger partial charge is 0.412 e. The number of esters is 1. The first-order valence-corrected chi connectivity index (χ1v) is 9.92. The van der Waals surface area contributed by atoms with Crippen LogP contribution >= 0.6 is 0 Å². The normalized spacial score (nSPS) is 13.1. The molecule has 1 atom stereocenters. The molecular weight excluding hydrogens is 286 g/mol. The van der Waals surface area contributed by atoms with Crippen LogP contribution in [0.3, 0.4) is 0 Å². The third-order valence-electron chi connectivity index (χ3n) is 4.47. The molecule has 0 N–H and O–H groups in total. The zero-order valence-electron chi connectivity index (χ0n) is 16.5. The fourth-order valence-electron chi connectivity index (χ4n) is 2.93. The molecule has 0 bridgehead atoms. The summed E-state index contributed by atoms with van der Waals surface area (Å²) in [5.41, 5.74) is 0. The van der Waals surface area contributed by atoms with Gasteiger partial charge in [-0.05, 0) is 6.42 Å². The molecule has 3 heteroatoms. The highest BCUT2D eigenvalue weighted by molar-refractivity contribution is 5.69. The van der Waals surface area contributed by atoms with Gasteiger partial charge in [0.2, 0.25) is 6.23 Å². The number of rotatable bonds is 15. The molecule has 3 nitrogen and oxygen atoms in total. The summed E-state index contributed by atoms with van der Waals surface area (Å²) in [6.45, 7) is 4.34. The molecule has 0 spiro atoms. The van der Waals surface area contributed by atoms with Crippen LogP contribution in [0.1, 0.15) is 97.3 Å². The van der Waals surface area contributed by atoms with Gasteiger partial charge in [-0.25, -0.2) is 0 Å². The smallest absolute Gasteiger partial charge is 0.310 e. The van der Waals surface area contributed by atoms with Crippen LogP contribution in [0.2, 0.25) is 0 Å². The first-order valence-electron chi connectivity index (χ1n) is 9.92. The second-order valence-corrected chi connectivity index (χ2v) is 7.75. The minimum absolute atomic E-state index is 0.0183. The van der Waals surface area contributed by atoms with Gasteiger partial charge in [-0.2, -0.15) is 0 Å². The Bertz CT molecular complexity index is 284. The van der Waals surface area contributed by atoms with Crippen LogP contribution in [-0.2, 0) is 9.53 Å². The Hall–Kier alpha value is -0.570. The topological polar surface area (TPSA) is 26.3 Å². The molecule has 0 rings (SSSR count). The van der Waals surface area contributed by atoms with Crippen LogP contribution in [0.25, 0.3) is 0 Å². The van der Waals surface area contributed by atoms with Gasteiger partial charge in [0.1, 0.15) is 0 Å². The lowest BCUT2D eigenvalue weighted by molar-refractivity contribution is -0.917. The zero-order chi connectivity index (χ0) is 17.6. The standard InChI is InChI=1S/C20H42NO2/c1-6-8-9-10-11-12-13-14-15-16-17-18-20(22)23-19(7-2)21(3,4)5/h19H,6-18H2,1-5H3/q+1.